The number of hydrogen-bond acceptors (Lipinski definition) is 8. The predicted octanol–water partition coefficient (Wildman–Crippen LogP) is 1.49. The Morgan fingerprint density at radius 2 is 2.08 bits per heavy atom. The molecule has 5 heterocycles. The second-order valence-corrected chi connectivity index (χ2v) is 9.33. The Bertz CT molecular complexity index is 1400. The van der Waals surface area contributed by atoms with Crippen LogP contribution in [0.5, 0.6) is 5.75 Å². The van der Waals surface area contributed by atoms with E-state index in [-0.39, 0.29) is 37.4 Å². The number of urea groups is 1. The van der Waals surface area contributed by atoms with Gasteiger partial charge in [0.2, 0.25) is 0 Å². The number of imide groups is 1. The second-order valence-electron chi connectivity index (χ2n) is 9.33. The van der Waals surface area contributed by atoms with E-state index in [0.29, 0.717) is 28.2 Å². The quantitative estimate of drug-likeness (QED) is 0.441. The molecule has 11 heteroatoms. The number of aromatic nitrogens is 1. The number of pyridine rings is 1. The molecule has 3 aliphatic heterocycles. The third-order valence-corrected chi connectivity index (χ3v) is 7.23. The molecule has 2 saturated heterocycles. The summed E-state index contributed by atoms with van der Waals surface area (Å²) in [6.07, 6.45) is 1.86. The summed E-state index contributed by atoms with van der Waals surface area (Å²) in [7, 11) is 1.53. The first-order valence-electron chi connectivity index (χ1n) is 11.8. The van der Waals surface area contributed by atoms with Crippen molar-refractivity contribution in [3.05, 3.63) is 53.3 Å². The van der Waals surface area contributed by atoms with Gasteiger partial charge in [-0.05, 0) is 42.7 Å². The Kier molecular flexibility index (Phi) is 5.11. The molecular weight excluding hydrogens is 466 g/mol. The van der Waals surface area contributed by atoms with Crippen molar-refractivity contribution >= 4 is 34.8 Å². The van der Waals surface area contributed by atoms with Crippen LogP contribution in [0.3, 0.4) is 0 Å². The van der Waals surface area contributed by atoms with Gasteiger partial charge in [0, 0.05) is 24.7 Å². The van der Waals surface area contributed by atoms with E-state index in [1.54, 1.807) is 24.3 Å². The molecule has 0 bridgehead atoms. The van der Waals surface area contributed by atoms with E-state index in [1.165, 1.54) is 12.0 Å². The van der Waals surface area contributed by atoms with Crippen LogP contribution in [0.2, 0.25) is 0 Å². The molecule has 2 aromatic heterocycles. The van der Waals surface area contributed by atoms with Crippen LogP contribution in [-0.2, 0) is 16.9 Å². The zero-order valence-electron chi connectivity index (χ0n) is 19.6. The maximum absolute atomic E-state index is 13.2. The van der Waals surface area contributed by atoms with Gasteiger partial charge >= 0.3 is 6.03 Å². The smallest absolute Gasteiger partial charge is 0.322 e. The Morgan fingerprint density at radius 3 is 2.83 bits per heavy atom. The molecule has 6 rings (SSSR count). The molecule has 2 atom stereocenters. The van der Waals surface area contributed by atoms with E-state index >= 15 is 0 Å². The first-order valence-corrected chi connectivity index (χ1v) is 11.8. The normalized spacial score (nSPS) is 23.4. The first kappa shape index (κ1) is 22.4. The fourth-order valence-electron chi connectivity index (χ4n) is 5.35. The van der Waals surface area contributed by atoms with Crippen LogP contribution in [0.4, 0.5) is 10.6 Å². The van der Waals surface area contributed by atoms with Gasteiger partial charge in [0.1, 0.15) is 22.8 Å². The largest absolute Gasteiger partial charge is 0.497 e. The van der Waals surface area contributed by atoms with Gasteiger partial charge in [-0.1, -0.05) is 6.07 Å². The first-order chi connectivity index (χ1) is 17.4. The zero-order valence-corrected chi connectivity index (χ0v) is 19.6. The average Bonchev–Trinajstić information content (AvgIpc) is 3.64. The maximum atomic E-state index is 13.2. The van der Waals surface area contributed by atoms with Crippen LogP contribution in [0.25, 0.3) is 11.1 Å². The molecule has 2 fully saturated rings. The van der Waals surface area contributed by atoms with Gasteiger partial charge in [-0.25, -0.2) is 9.78 Å². The molecule has 3 aliphatic rings. The fraction of sp³-hybridized carbons (Fsp3) is 0.360. The number of fused-ring (bicyclic) bond motifs is 2. The fourth-order valence-corrected chi connectivity index (χ4v) is 5.35. The summed E-state index contributed by atoms with van der Waals surface area (Å²) in [4.78, 5) is 46.9. The van der Waals surface area contributed by atoms with Gasteiger partial charge in [0.25, 0.3) is 11.8 Å². The zero-order chi connectivity index (χ0) is 25.0. The number of methoxy groups -OCH3 is 1. The van der Waals surface area contributed by atoms with Crippen LogP contribution in [0, 0.1) is 0 Å². The van der Waals surface area contributed by atoms with Crippen LogP contribution in [0.1, 0.15) is 34.5 Å². The van der Waals surface area contributed by atoms with Gasteiger partial charge in [0.15, 0.2) is 11.1 Å². The number of hydrogen-bond donors (Lipinski definition) is 3. The molecule has 0 radical (unpaired) electrons. The van der Waals surface area contributed by atoms with Gasteiger partial charge in [-0.15, -0.1) is 0 Å². The Balaban J connectivity index is 1.35. The lowest BCUT2D eigenvalue weighted by Gasteiger charge is -2.28. The monoisotopic (exact) mass is 491 g/mol. The second kappa shape index (κ2) is 8.23. The highest BCUT2D eigenvalue weighted by Gasteiger charge is 2.53. The molecule has 186 valence electrons. The number of nitrogens with one attached hydrogen (secondary N) is 2. The minimum Gasteiger partial charge on any atom is -0.497 e. The Labute approximate surface area is 206 Å². The molecular formula is C25H25N5O6. The molecule has 0 aliphatic carbocycles. The number of rotatable bonds is 6. The number of aliphatic hydroxyl groups excluding tert-OH is 1. The Hall–Kier alpha value is -4.12. The minimum absolute atomic E-state index is 0.00833. The van der Waals surface area contributed by atoms with Gasteiger partial charge < -0.3 is 29.4 Å². The average molecular weight is 492 g/mol. The number of amides is 4. The lowest BCUT2D eigenvalue weighted by Crippen LogP contribution is -2.52. The number of carbonyl (C=O) groups is 3. The van der Waals surface area contributed by atoms with Crippen LogP contribution >= 0.6 is 0 Å². The summed E-state index contributed by atoms with van der Waals surface area (Å²) < 4.78 is 11.3. The summed E-state index contributed by atoms with van der Waals surface area (Å²) in [5.74, 6) is 0.587. The molecule has 36 heavy (non-hydrogen) atoms. The third-order valence-electron chi connectivity index (χ3n) is 7.23. The van der Waals surface area contributed by atoms with Crippen molar-refractivity contribution in [1.82, 2.24) is 20.5 Å². The number of anilines is 1. The predicted molar refractivity (Wildman–Crippen MR) is 128 cm³/mol. The van der Waals surface area contributed by atoms with Crippen LogP contribution in [0.15, 0.2) is 40.8 Å². The minimum atomic E-state index is -1.61. The number of benzene rings is 1. The standard InChI is InChI=1S/C25H25N5O6/c1-35-16-5-4-14-11-29(22(32)17(14)9-16)13-25(23(33)27-24(34)28-25)20-10-18-19(36-20)6-7-21(26-18)30-8-2-3-15(30)12-31/h4-7,9-10,15,31H,2-3,8,11-13H2,1H3,(H2,27,28,33,34). The lowest BCUT2D eigenvalue weighted by molar-refractivity contribution is -0.125. The van der Waals surface area contributed by atoms with Gasteiger partial charge in [-0.3, -0.25) is 14.9 Å². The molecule has 0 saturated carbocycles. The highest BCUT2D eigenvalue weighted by atomic mass is 16.5. The number of nitrogens with zero attached hydrogens (tertiary/aromatic N) is 3. The number of aliphatic hydroxyl groups is 1. The SMILES string of the molecule is COc1ccc2c(c1)C(=O)N(CC1(c3cc4nc(N5CCCC5CO)ccc4o3)NC(=O)NC1=O)C2. The summed E-state index contributed by atoms with van der Waals surface area (Å²) >= 11 is 0. The summed E-state index contributed by atoms with van der Waals surface area (Å²) in [5, 5.41) is 14.7. The number of furan rings is 1. The summed E-state index contributed by atoms with van der Waals surface area (Å²) in [6.45, 7) is 0.998. The number of carbonyl (C=O) groups excluding carboxylic acids is 3. The van der Waals surface area contributed by atoms with E-state index in [9.17, 15) is 19.5 Å². The highest BCUT2D eigenvalue weighted by molar-refractivity contribution is 6.08. The lowest BCUT2D eigenvalue weighted by atomic mass is 9.95. The van der Waals surface area contributed by atoms with Crippen molar-refractivity contribution in [3.63, 3.8) is 0 Å². The van der Waals surface area contributed by atoms with Crippen molar-refractivity contribution in [2.24, 2.45) is 0 Å². The molecule has 11 nitrogen and oxygen atoms in total. The van der Waals surface area contributed by atoms with Gasteiger partial charge in [0.05, 0.1) is 26.3 Å². The van der Waals surface area contributed by atoms with E-state index in [0.717, 1.165) is 24.9 Å². The summed E-state index contributed by atoms with van der Waals surface area (Å²) in [6, 6.07) is 9.82. The van der Waals surface area contributed by atoms with E-state index in [1.807, 2.05) is 12.1 Å². The molecule has 1 aromatic carbocycles. The molecule has 0 spiro atoms. The third kappa shape index (κ3) is 3.38. The Morgan fingerprint density at radius 1 is 1.22 bits per heavy atom. The van der Waals surface area contributed by atoms with Crippen molar-refractivity contribution in [3.8, 4) is 5.75 Å². The highest BCUT2D eigenvalue weighted by Crippen LogP contribution is 2.35. The number of ether oxygens (including phenoxy) is 1. The van der Waals surface area contributed by atoms with E-state index in [4.69, 9.17) is 14.1 Å². The van der Waals surface area contributed by atoms with E-state index < -0.39 is 17.5 Å². The van der Waals surface area contributed by atoms with Crippen molar-refractivity contribution < 1.29 is 28.6 Å². The summed E-state index contributed by atoms with van der Waals surface area (Å²) in [5.41, 5.74) is 0.652. The molecule has 3 aromatic rings. The van der Waals surface area contributed by atoms with E-state index in [2.05, 4.69) is 15.5 Å². The van der Waals surface area contributed by atoms with Crippen molar-refractivity contribution in [2.75, 3.05) is 31.7 Å². The topological polar surface area (TPSA) is 137 Å². The van der Waals surface area contributed by atoms with Crippen LogP contribution < -0.4 is 20.3 Å². The van der Waals surface area contributed by atoms with Gasteiger partial charge in [-0.2, -0.15) is 0 Å². The maximum Gasteiger partial charge on any atom is 0.322 e. The molecule has 4 amide bonds. The van der Waals surface area contributed by atoms with Crippen molar-refractivity contribution in [2.45, 2.75) is 31.0 Å². The van der Waals surface area contributed by atoms with Crippen molar-refractivity contribution in [1.29, 1.82) is 0 Å². The molecule has 3 N–H and O–H groups in total. The van der Waals surface area contributed by atoms with Crippen LogP contribution in [-0.4, -0.2) is 65.7 Å². The molecule has 2 unspecified atom stereocenters.